The molecule has 20 heavy (non-hydrogen) atoms. The van der Waals surface area contributed by atoms with E-state index < -0.39 is 0 Å². The van der Waals surface area contributed by atoms with Crippen LogP contribution in [0.5, 0.6) is 0 Å². The van der Waals surface area contributed by atoms with E-state index >= 15 is 0 Å². The molecule has 1 heteroatoms. The molecule has 0 amide bonds. The Kier molecular flexibility index (Phi) is 10.1. The first-order chi connectivity index (χ1) is 9.79. The van der Waals surface area contributed by atoms with Crippen molar-refractivity contribution in [3.05, 3.63) is 0 Å². The van der Waals surface area contributed by atoms with Gasteiger partial charge < -0.3 is 0 Å². The summed E-state index contributed by atoms with van der Waals surface area (Å²) in [6.07, 6.45) is 17.6. The van der Waals surface area contributed by atoms with E-state index in [1.807, 2.05) is 0 Å². The second-order valence-electron chi connectivity index (χ2n) is 6.78. The molecular weight excluding hydrogens is 244 g/mol. The average Bonchev–Trinajstić information content (AvgIpc) is 2.49. The predicted octanol–water partition coefficient (Wildman–Crippen LogP) is 6.30. The van der Waals surface area contributed by atoms with Crippen molar-refractivity contribution in [2.75, 3.05) is 0 Å². The zero-order valence-corrected chi connectivity index (χ0v) is 14.0. The molecule has 1 unspecified atom stereocenters. The molecule has 0 aliphatic heterocycles. The molecular formula is C19H36O. The van der Waals surface area contributed by atoms with Gasteiger partial charge in [-0.2, -0.15) is 0 Å². The first kappa shape index (κ1) is 17.7. The fourth-order valence-electron chi connectivity index (χ4n) is 3.77. The molecule has 1 aliphatic rings. The van der Waals surface area contributed by atoms with Gasteiger partial charge in [0.1, 0.15) is 5.78 Å². The Bertz CT molecular complexity index is 240. The van der Waals surface area contributed by atoms with Crippen LogP contribution in [0.1, 0.15) is 104 Å². The molecule has 0 aromatic heterocycles. The van der Waals surface area contributed by atoms with Crippen molar-refractivity contribution >= 4 is 5.78 Å². The topological polar surface area (TPSA) is 17.1 Å². The smallest absolute Gasteiger partial charge is 0.136 e. The van der Waals surface area contributed by atoms with Crippen molar-refractivity contribution in [3.8, 4) is 0 Å². The highest BCUT2D eigenvalue weighted by atomic mass is 16.1. The minimum absolute atomic E-state index is 0.399. The first-order valence-electron chi connectivity index (χ1n) is 9.32. The van der Waals surface area contributed by atoms with Gasteiger partial charge in [0, 0.05) is 12.3 Å². The summed E-state index contributed by atoms with van der Waals surface area (Å²) in [5, 5.41) is 0. The molecule has 1 nitrogen and oxygen atoms in total. The number of ketones is 1. The lowest BCUT2D eigenvalue weighted by atomic mass is 9.75. The van der Waals surface area contributed by atoms with Crippen molar-refractivity contribution in [1.29, 1.82) is 0 Å². The van der Waals surface area contributed by atoms with E-state index in [4.69, 9.17) is 0 Å². The fourth-order valence-corrected chi connectivity index (χ4v) is 3.77. The summed E-state index contributed by atoms with van der Waals surface area (Å²) >= 11 is 0. The van der Waals surface area contributed by atoms with Gasteiger partial charge in [0.2, 0.25) is 0 Å². The van der Waals surface area contributed by atoms with E-state index in [-0.39, 0.29) is 0 Å². The van der Waals surface area contributed by atoms with Crippen molar-refractivity contribution in [3.63, 3.8) is 0 Å². The van der Waals surface area contributed by atoms with Gasteiger partial charge >= 0.3 is 0 Å². The summed E-state index contributed by atoms with van der Waals surface area (Å²) in [5.41, 5.74) is 0. The van der Waals surface area contributed by atoms with Gasteiger partial charge in [-0.1, -0.05) is 71.6 Å². The molecule has 1 saturated carbocycles. The molecule has 0 heterocycles. The summed E-state index contributed by atoms with van der Waals surface area (Å²) < 4.78 is 0. The highest BCUT2D eigenvalue weighted by Gasteiger charge is 2.27. The van der Waals surface area contributed by atoms with Gasteiger partial charge in [0.15, 0.2) is 0 Å². The van der Waals surface area contributed by atoms with Gasteiger partial charge in [0.05, 0.1) is 0 Å². The lowest BCUT2D eigenvalue weighted by Gasteiger charge is -2.29. The molecule has 1 rings (SSSR count). The minimum atomic E-state index is 0.399. The van der Waals surface area contributed by atoms with E-state index in [1.165, 1.54) is 70.6 Å². The Labute approximate surface area is 126 Å². The monoisotopic (exact) mass is 280 g/mol. The molecule has 0 aromatic rings. The number of rotatable bonds is 11. The highest BCUT2D eigenvalue weighted by Crippen LogP contribution is 2.33. The Morgan fingerprint density at radius 3 is 2.20 bits per heavy atom. The van der Waals surface area contributed by atoms with Gasteiger partial charge in [0.25, 0.3) is 0 Å². The molecule has 0 spiro atoms. The predicted molar refractivity (Wildman–Crippen MR) is 88.0 cm³/mol. The third-order valence-corrected chi connectivity index (χ3v) is 5.01. The third kappa shape index (κ3) is 6.90. The molecule has 1 atom stereocenters. The molecule has 0 aromatic carbocycles. The zero-order chi connectivity index (χ0) is 14.6. The molecule has 0 N–H and O–H groups in total. The largest absolute Gasteiger partial charge is 0.299 e. The summed E-state index contributed by atoms with van der Waals surface area (Å²) in [5.74, 6) is 1.71. The second kappa shape index (κ2) is 11.3. The van der Waals surface area contributed by atoms with E-state index in [2.05, 4.69) is 13.8 Å². The van der Waals surface area contributed by atoms with Crippen molar-refractivity contribution in [2.45, 2.75) is 104 Å². The zero-order valence-electron chi connectivity index (χ0n) is 14.0. The van der Waals surface area contributed by atoms with Crippen LogP contribution in [0.15, 0.2) is 0 Å². The van der Waals surface area contributed by atoms with E-state index in [1.54, 1.807) is 0 Å². The molecule has 0 radical (unpaired) electrons. The third-order valence-electron chi connectivity index (χ3n) is 5.01. The number of Topliss-reactive ketones (excluding diaryl/α,β-unsaturated/α-hetero) is 1. The fraction of sp³-hybridized carbons (Fsp3) is 0.947. The quantitative estimate of drug-likeness (QED) is 0.406. The van der Waals surface area contributed by atoms with Crippen LogP contribution in [0.25, 0.3) is 0 Å². The van der Waals surface area contributed by atoms with Crippen LogP contribution in [0, 0.1) is 11.8 Å². The van der Waals surface area contributed by atoms with E-state index in [0.717, 1.165) is 25.2 Å². The minimum Gasteiger partial charge on any atom is -0.299 e. The number of carbonyl (C=O) groups is 1. The lowest BCUT2D eigenvalue weighted by Crippen LogP contribution is -2.25. The van der Waals surface area contributed by atoms with Crippen molar-refractivity contribution in [1.82, 2.24) is 0 Å². The van der Waals surface area contributed by atoms with Crippen LogP contribution < -0.4 is 0 Å². The van der Waals surface area contributed by atoms with E-state index in [9.17, 15) is 4.79 Å². The maximum absolute atomic E-state index is 12.5. The molecule has 1 aliphatic carbocycles. The Morgan fingerprint density at radius 1 is 0.900 bits per heavy atom. The van der Waals surface area contributed by atoms with Crippen molar-refractivity contribution < 1.29 is 4.79 Å². The maximum Gasteiger partial charge on any atom is 0.136 e. The first-order valence-corrected chi connectivity index (χ1v) is 9.32. The lowest BCUT2D eigenvalue weighted by molar-refractivity contribution is -0.125. The van der Waals surface area contributed by atoms with Crippen molar-refractivity contribution in [2.24, 2.45) is 11.8 Å². The summed E-state index contributed by atoms with van der Waals surface area (Å²) in [6.45, 7) is 4.48. The van der Waals surface area contributed by atoms with Gasteiger partial charge in [-0.15, -0.1) is 0 Å². The number of hydrogen-bond acceptors (Lipinski definition) is 1. The summed E-state index contributed by atoms with van der Waals surface area (Å²) in [4.78, 5) is 12.5. The average molecular weight is 280 g/mol. The highest BCUT2D eigenvalue weighted by molar-refractivity contribution is 5.81. The number of carbonyl (C=O) groups excluding carboxylic acids is 1. The molecule has 0 saturated heterocycles. The van der Waals surface area contributed by atoms with Gasteiger partial charge in [-0.3, -0.25) is 4.79 Å². The maximum atomic E-state index is 12.5. The Morgan fingerprint density at radius 2 is 1.55 bits per heavy atom. The molecule has 118 valence electrons. The van der Waals surface area contributed by atoms with Crippen LogP contribution in [0.2, 0.25) is 0 Å². The molecule has 0 bridgehead atoms. The standard InChI is InChI=1S/C19H36O/c1-3-5-6-7-8-12-16-19(20)18(13-4-2)17-14-10-9-11-15-17/h17-18H,3-16H2,1-2H3. The second-order valence-corrected chi connectivity index (χ2v) is 6.78. The van der Waals surface area contributed by atoms with Crippen LogP contribution in [-0.2, 0) is 4.79 Å². The summed E-state index contributed by atoms with van der Waals surface area (Å²) in [7, 11) is 0. The SMILES string of the molecule is CCCCCCCCC(=O)C(CCC)C1CCCCC1. The number of hydrogen-bond donors (Lipinski definition) is 0. The Balaban J connectivity index is 2.24. The van der Waals surface area contributed by atoms with Crippen LogP contribution >= 0.6 is 0 Å². The van der Waals surface area contributed by atoms with Gasteiger partial charge in [-0.05, 0) is 31.6 Å². The normalized spacial score (nSPS) is 18.1. The van der Waals surface area contributed by atoms with Crippen LogP contribution in [0.4, 0.5) is 0 Å². The van der Waals surface area contributed by atoms with E-state index in [0.29, 0.717) is 11.7 Å². The molecule has 1 fully saturated rings. The van der Waals surface area contributed by atoms with Gasteiger partial charge in [-0.25, -0.2) is 0 Å². The van der Waals surface area contributed by atoms with Crippen LogP contribution in [-0.4, -0.2) is 5.78 Å². The Hall–Kier alpha value is -0.330. The van der Waals surface area contributed by atoms with Crippen LogP contribution in [0.3, 0.4) is 0 Å². The summed E-state index contributed by atoms with van der Waals surface area (Å²) in [6, 6.07) is 0. The number of unbranched alkanes of at least 4 members (excludes halogenated alkanes) is 5.